The van der Waals surface area contributed by atoms with Crippen LogP contribution in [0.1, 0.15) is 52.9 Å². The molecule has 0 aromatic rings. The van der Waals surface area contributed by atoms with E-state index in [1.54, 1.807) is 0 Å². The monoisotopic (exact) mass is 197 g/mol. The van der Waals surface area contributed by atoms with E-state index in [9.17, 15) is 0 Å². The van der Waals surface area contributed by atoms with Gasteiger partial charge >= 0.3 is 0 Å². The number of allylic oxidation sites excluding steroid dienone is 1. The molecule has 0 saturated carbocycles. The smallest absolute Gasteiger partial charge is 0.00143 e. The third-order valence-corrected chi connectivity index (χ3v) is 2.23. The fourth-order valence-corrected chi connectivity index (χ4v) is 1.37. The second-order valence-corrected chi connectivity index (χ2v) is 4.33. The van der Waals surface area contributed by atoms with Crippen LogP contribution in [0.15, 0.2) is 12.2 Å². The third kappa shape index (κ3) is 11.7. The number of nitrogens with one attached hydrogen (secondary N) is 1. The van der Waals surface area contributed by atoms with E-state index >= 15 is 0 Å². The van der Waals surface area contributed by atoms with Crippen LogP contribution in [0.4, 0.5) is 0 Å². The summed E-state index contributed by atoms with van der Waals surface area (Å²) < 4.78 is 0. The number of unbranched alkanes of at least 4 members (excludes halogenated alkanes) is 1. The van der Waals surface area contributed by atoms with Crippen LogP contribution in [0, 0.1) is 5.92 Å². The molecular formula is C13H27N. The maximum atomic E-state index is 3.39. The second-order valence-electron chi connectivity index (χ2n) is 4.33. The minimum atomic E-state index is 0.856. The average molecular weight is 197 g/mol. The predicted octanol–water partition coefficient (Wildman–Crippen LogP) is 3.76. The maximum Gasteiger partial charge on any atom is -0.00143 e. The van der Waals surface area contributed by atoms with Crippen molar-refractivity contribution in [2.75, 3.05) is 13.1 Å². The normalized spacial score (nSPS) is 11.7. The zero-order valence-electron chi connectivity index (χ0n) is 10.2. The average Bonchev–Trinajstić information content (AvgIpc) is 2.15. The van der Waals surface area contributed by atoms with Crippen molar-refractivity contribution in [2.45, 2.75) is 52.9 Å². The fraction of sp³-hybridized carbons (Fsp3) is 0.846. The van der Waals surface area contributed by atoms with Crippen LogP contribution in [0.25, 0.3) is 0 Å². The summed E-state index contributed by atoms with van der Waals surface area (Å²) in [4.78, 5) is 0. The number of rotatable bonds is 9. The Morgan fingerprint density at radius 1 is 1.07 bits per heavy atom. The summed E-state index contributed by atoms with van der Waals surface area (Å²) in [6, 6.07) is 0. The van der Waals surface area contributed by atoms with Crippen molar-refractivity contribution in [3.05, 3.63) is 12.2 Å². The Balaban J connectivity index is 3.04. The Labute approximate surface area is 90.0 Å². The maximum absolute atomic E-state index is 3.39. The quantitative estimate of drug-likeness (QED) is 0.438. The molecule has 0 spiro atoms. The van der Waals surface area contributed by atoms with Gasteiger partial charge in [-0.1, -0.05) is 39.3 Å². The van der Waals surface area contributed by atoms with Crippen molar-refractivity contribution >= 4 is 0 Å². The first-order valence-electron chi connectivity index (χ1n) is 6.13. The van der Waals surface area contributed by atoms with Gasteiger partial charge in [-0.25, -0.2) is 0 Å². The topological polar surface area (TPSA) is 12.0 Å². The largest absolute Gasteiger partial charge is 0.316 e. The van der Waals surface area contributed by atoms with E-state index in [4.69, 9.17) is 0 Å². The molecule has 1 nitrogen and oxygen atoms in total. The minimum absolute atomic E-state index is 0.856. The lowest BCUT2D eigenvalue weighted by Gasteiger charge is -2.01. The van der Waals surface area contributed by atoms with Crippen LogP contribution >= 0.6 is 0 Å². The molecule has 0 aromatic carbocycles. The molecule has 0 aliphatic carbocycles. The van der Waals surface area contributed by atoms with Crippen LogP contribution in [0.2, 0.25) is 0 Å². The van der Waals surface area contributed by atoms with E-state index in [2.05, 4.69) is 38.2 Å². The first kappa shape index (κ1) is 13.7. The summed E-state index contributed by atoms with van der Waals surface area (Å²) in [7, 11) is 0. The van der Waals surface area contributed by atoms with Gasteiger partial charge in [0.15, 0.2) is 0 Å². The molecule has 14 heavy (non-hydrogen) atoms. The molecule has 0 aromatic heterocycles. The molecule has 0 atom stereocenters. The summed E-state index contributed by atoms with van der Waals surface area (Å²) in [6.45, 7) is 9.07. The molecular weight excluding hydrogens is 170 g/mol. The lowest BCUT2D eigenvalue weighted by Crippen LogP contribution is -2.14. The van der Waals surface area contributed by atoms with Gasteiger partial charge in [-0.15, -0.1) is 0 Å². The number of hydrogen-bond donors (Lipinski definition) is 1. The summed E-state index contributed by atoms with van der Waals surface area (Å²) in [5.74, 6) is 0.856. The Bertz CT molecular complexity index is 127. The molecule has 0 aliphatic heterocycles. The standard InChI is InChI=1S/C13H27N/c1-4-11-14-12-9-7-5-6-8-10-13(2)3/h5,7,13-14H,4,6,8-12H2,1-3H3/b7-5+. The first-order valence-corrected chi connectivity index (χ1v) is 6.13. The van der Waals surface area contributed by atoms with Crippen molar-refractivity contribution in [2.24, 2.45) is 5.92 Å². The molecule has 0 aliphatic rings. The van der Waals surface area contributed by atoms with Gasteiger partial charge in [-0.2, -0.15) is 0 Å². The molecule has 0 unspecified atom stereocenters. The second kappa shape index (κ2) is 10.8. The lowest BCUT2D eigenvalue weighted by atomic mass is 10.1. The van der Waals surface area contributed by atoms with Gasteiger partial charge in [0.25, 0.3) is 0 Å². The van der Waals surface area contributed by atoms with Crippen molar-refractivity contribution in [1.82, 2.24) is 5.32 Å². The van der Waals surface area contributed by atoms with Crippen LogP contribution < -0.4 is 5.32 Å². The molecule has 1 N–H and O–H groups in total. The van der Waals surface area contributed by atoms with Crippen molar-refractivity contribution in [1.29, 1.82) is 0 Å². The van der Waals surface area contributed by atoms with Crippen LogP contribution in [-0.4, -0.2) is 13.1 Å². The van der Waals surface area contributed by atoms with E-state index < -0.39 is 0 Å². The SMILES string of the molecule is CCCNCC/C=C/CCCC(C)C. The van der Waals surface area contributed by atoms with Gasteiger partial charge in [0.05, 0.1) is 0 Å². The van der Waals surface area contributed by atoms with Gasteiger partial charge in [-0.3, -0.25) is 0 Å². The Kier molecular flexibility index (Phi) is 10.5. The molecule has 0 bridgehead atoms. The van der Waals surface area contributed by atoms with Crippen molar-refractivity contribution in [3.8, 4) is 0 Å². The molecule has 1 heteroatoms. The van der Waals surface area contributed by atoms with Crippen molar-refractivity contribution < 1.29 is 0 Å². The molecule has 0 fully saturated rings. The van der Waals surface area contributed by atoms with Gasteiger partial charge in [0.1, 0.15) is 0 Å². The van der Waals surface area contributed by atoms with Gasteiger partial charge < -0.3 is 5.32 Å². The summed E-state index contributed by atoms with van der Waals surface area (Å²) >= 11 is 0. The van der Waals surface area contributed by atoms with E-state index in [0.717, 1.165) is 19.0 Å². The van der Waals surface area contributed by atoms with E-state index in [1.165, 1.54) is 32.1 Å². The highest BCUT2D eigenvalue weighted by Crippen LogP contribution is 2.06. The summed E-state index contributed by atoms with van der Waals surface area (Å²) in [5, 5.41) is 3.39. The molecule has 0 radical (unpaired) electrons. The van der Waals surface area contributed by atoms with Crippen LogP contribution in [0.3, 0.4) is 0 Å². The van der Waals surface area contributed by atoms with Crippen LogP contribution in [-0.2, 0) is 0 Å². The van der Waals surface area contributed by atoms with E-state index in [0.29, 0.717) is 0 Å². The van der Waals surface area contributed by atoms with Crippen molar-refractivity contribution in [3.63, 3.8) is 0 Å². The molecule has 0 amide bonds. The summed E-state index contributed by atoms with van der Waals surface area (Å²) in [6.07, 6.45) is 11.0. The van der Waals surface area contributed by atoms with Gasteiger partial charge in [0.2, 0.25) is 0 Å². The van der Waals surface area contributed by atoms with Crippen LogP contribution in [0.5, 0.6) is 0 Å². The molecule has 0 heterocycles. The van der Waals surface area contributed by atoms with E-state index in [1.807, 2.05) is 0 Å². The highest BCUT2D eigenvalue weighted by atomic mass is 14.8. The van der Waals surface area contributed by atoms with Gasteiger partial charge in [0, 0.05) is 0 Å². The van der Waals surface area contributed by atoms with E-state index in [-0.39, 0.29) is 0 Å². The minimum Gasteiger partial charge on any atom is -0.316 e. The third-order valence-electron chi connectivity index (χ3n) is 2.23. The Hall–Kier alpha value is -0.300. The Morgan fingerprint density at radius 2 is 1.79 bits per heavy atom. The molecule has 0 saturated heterocycles. The Morgan fingerprint density at radius 3 is 2.43 bits per heavy atom. The molecule has 84 valence electrons. The predicted molar refractivity (Wildman–Crippen MR) is 65.6 cm³/mol. The summed E-state index contributed by atoms with van der Waals surface area (Å²) in [5.41, 5.74) is 0. The first-order chi connectivity index (χ1) is 6.77. The highest BCUT2D eigenvalue weighted by Gasteiger charge is 1.90. The zero-order valence-corrected chi connectivity index (χ0v) is 10.2. The fourth-order valence-electron chi connectivity index (χ4n) is 1.37. The number of hydrogen-bond acceptors (Lipinski definition) is 1. The zero-order chi connectivity index (χ0) is 10.6. The molecule has 0 rings (SSSR count). The van der Waals surface area contributed by atoms with Gasteiger partial charge in [-0.05, 0) is 44.7 Å². The highest BCUT2D eigenvalue weighted by molar-refractivity contribution is 4.82. The lowest BCUT2D eigenvalue weighted by molar-refractivity contribution is 0.559.